The Morgan fingerprint density at radius 1 is 1.06 bits per heavy atom. The number of benzene rings is 2. The van der Waals surface area contributed by atoms with Gasteiger partial charge in [0.2, 0.25) is 0 Å². The van der Waals surface area contributed by atoms with E-state index >= 15 is 0 Å². The van der Waals surface area contributed by atoms with Gasteiger partial charge in [-0.15, -0.1) is 0 Å². The van der Waals surface area contributed by atoms with Crippen molar-refractivity contribution in [2.45, 2.75) is 12.6 Å². The number of H-pyrrole nitrogens is 1. The van der Waals surface area contributed by atoms with Gasteiger partial charge in [0.1, 0.15) is 19.0 Å². The number of para-hydroxylation sites is 1. The summed E-state index contributed by atoms with van der Waals surface area (Å²) in [5, 5.41) is 12.3. The first-order valence-electron chi connectivity index (χ1n) is 11.2. The summed E-state index contributed by atoms with van der Waals surface area (Å²) in [6.07, 6.45) is 5.09. The SMILES string of the molecule is O=C1C(=O)N(Cc2cccnc2)C(c2c[nH]c3ccccc23)/C1=C(\O)c1ccc2c(c1)OCCO2. The smallest absolute Gasteiger partial charge is 0.295 e. The number of ketones is 1. The molecule has 1 atom stereocenters. The zero-order valence-electron chi connectivity index (χ0n) is 18.6. The molecule has 174 valence electrons. The number of aromatic amines is 1. The van der Waals surface area contributed by atoms with Gasteiger partial charge in [-0.3, -0.25) is 14.6 Å². The first-order valence-corrected chi connectivity index (χ1v) is 11.2. The zero-order valence-corrected chi connectivity index (χ0v) is 18.6. The summed E-state index contributed by atoms with van der Waals surface area (Å²) in [6.45, 7) is 1.00. The van der Waals surface area contributed by atoms with Crippen molar-refractivity contribution >= 4 is 28.4 Å². The summed E-state index contributed by atoms with van der Waals surface area (Å²) in [6, 6.07) is 15.5. The second-order valence-electron chi connectivity index (χ2n) is 8.44. The second kappa shape index (κ2) is 8.32. The van der Waals surface area contributed by atoms with E-state index in [4.69, 9.17) is 9.47 Å². The topological polar surface area (TPSA) is 105 Å². The van der Waals surface area contributed by atoms with Crippen molar-refractivity contribution in [2.24, 2.45) is 0 Å². The largest absolute Gasteiger partial charge is 0.507 e. The van der Waals surface area contributed by atoms with Gasteiger partial charge in [-0.05, 0) is 35.9 Å². The number of Topliss-reactive ketones (excluding diaryl/α,β-unsaturated/α-hetero) is 1. The molecule has 4 heterocycles. The number of amides is 1. The molecule has 2 aliphatic rings. The Morgan fingerprint density at radius 2 is 1.89 bits per heavy atom. The van der Waals surface area contributed by atoms with Gasteiger partial charge < -0.3 is 24.5 Å². The van der Waals surface area contributed by atoms with Crippen LogP contribution in [0.3, 0.4) is 0 Å². The van der Waals surface area contributed by atoms with Crippen LogP contribution in [0.5, 0.6) is 11.5 Å². The van der Waals surface area contributed by atoms with Crippen LogP contribution in [0.4, 0.5) is 0 Å². The molecule has 6 rings (SSSR count). The number of carbonyl (C=O) groups excluding carboxylic acids is 2. The monoisotopic (exact) mass is 467 g/mol. The third-order valence-electron chi connectivity index (χ3n) is 6.35. The lowest BCUT2D eigenvalue weighted by molar-refractivity contribution is -0.140. The van der Waals surface area contributed by atoms with Crippen molar-refractivity contribution in [1.82, 2.24) is 14.9 Å². The lowest BCUT2D eigenvalue weighted by atomic mass is 9.94. The van der Waals surface area contributed by atoms with E-state index in [1.165, 1.54) is 4.90 Å². The molecule has 0 radical (unpaired) electrons. The van der Waals surface area contributed by atoms with Crippen molar-refractivity contribution < 1.29 is 24.2 Å². The Kier molecular flexibility index (Phi) is 4.99. The molecule has 2 aromatic heterocycles. The normalized spacial score (nSPS) is 18.9. The predicted molar refractivity (Wildman–Crippen MR) is 128 cm³/mol. The second-order valence-corrected chi connectivity index (χ2v) is 8.44. The van der Waals surface area contributed by atoms with E-state index < -0.39 is 17.7 Å². The van der Waals surface area contributed by atoms with Gasteiger partial charge in [0.15, 0.2) is 11.5 Å². The molecule has 2 N–H and O–H groups in total. The van der Waals surface area contributed by atoms with Gasteiger partial charge in [0.25, 0.3) is 11.7 Å². The fraction of sp³-hybridized carbons (Fsp3) is 0.148. The Balaban J connectivity index is 1.52. The van der Waals surface area contributed by atoms with Crippen molar-refractivity contribution in [1.29, 1.82) is 0 Å². The fourth-order valence-corrected chi connectivity index (χ4v) is 4.72. The number of hydrogen-bond donors (Lipinski definition) is 2. The number of likely N-dealkylation sites (tertiary alicyclic amines) is 1. The molecular weight excluding hydrogens is 446 g/mol. The molecule has 0 bridgehead atoms. The van der Waals surface area contributed by atoms with E-state index in [0.29, 0.717) is 30.3 Å². The number of aromatic nitrogens is 2. The molecule has 1 saturated heterocycles. The lowest BCUT2D eigenvalue weighted by Crippen LogP contribution is -2.29. The average Bonchev–Trinajstić information content (AvgIpc) is 3.43. The number of rotatable bonds is 4. The Bertz CT molecular complexity index is 1490. The Hall–Kier alpha value is -4.59. The van der Waals surface area contributed by atoms with Crippen molar-refractivity contribution in [2.75, 3.05) is 13.2 Å². The summed E-state index contributed by atoms with van der Waals surface area (Å²) in [5.41, 5.74) is 2.77. The maximum absolute atomic E-state index is 13.4. The third kappa shape index (κ3) is 3.50. The van der Waals surface area contributed by atoms with Crippen molar-refractivity contribution in [3.63, 3.8) is 0 Å². The van der Waals surface area contributed by atoms with Gasteiger partial charge >= 0.3 is 0 Å². The number of aliphatic hydroxyl groups excluding tert-OH is 1. The molecule has 0 saturated carbocycles. The number of ether oxygens (including phenoxy) is 2. The highest BCUT2D eigenvalue weighted by atomic mass is 16.6. The van der Waals surface area contributed by atoms with Gasteiger partial charge in [0.05, 0.1) is 11.6 Å². The van der Waals surface area contributed by atoms with E-state index in [0.717, 1.165) is 22.0 Å². The number of aliphatic hydroxyl groups is 1. The van der Waals surface area contributed by atoms with Gasteiger partial charge in [-0.2, -0.15) is 0 Å². The predicted octanol–water partition coefficient (Wildman–Crippen LogP) is 3.96. The summed E-state index contributed by atoms with van der Waals surface area (Å²) >= 11 is 0. The van der Waals surface area contributed by atoms with Gasteiger partial charge in [-0.25, -0.2) is 0 Å². The number of nitrogens with zero attached hydrogens (tertiary/aromatic N) is 2. The minimum Gasteiger partial charge on any atom is -0.507 e. The standard InChI is InChI=1S/C27H21N3O5/c31-25(17-7-8-21-22(12-17)35-11-10-34-21)23-24(19-14-29-20-6-2-1-5-18(19)20)30(27(33)26(23)32)15-16-4-3-9-28-13-16/h1-9,12-14,24,29,31H,10-11,15H2/b25-23+. The zero-order chi connectivity index (χ0) is 23.9. The van der Waals surface area contributed by atoms with Crippen LogP contribution >= 0.6 is 0 Å². The van der Waals surface area contributed by atoms with Crippen LogP contribution in [0.2, 0.25) is 0 Å². The van der Waals surface area contributed by atoms with Crippen molar-refractivity contribution in [3.05, 3.63) is 95.5 Å². The molecule has 0 spiro atoms. The van der Waals surface area contributed by atoms with Crippen LogP contribution in [0.25, 0.3) is 16.7 Å². The molecule has 2 aromatic carbocycles. The van der Waals surface area contributed by atoms with E-state index in [1.54, 1.807) is 42.9 Å². The van der Waals surface area contributed by atoms with E-state index in [9.17, 15) is 14.7 Å². The van der Waals surface area contributed by atoms with Crippen LogP contribution in [0.15, 0.2) is 78.8 Å². The van der Waals surface area contributed by atoms with Gasteiger partial charge in [0, 0.05) is 47.2 Å². The molecule has 35 heavy (non-hydrogen) atoms. The number of nitrogens with one attached hydrogen (secondary N) is 1. The number of hydrogen-bond acceptors (Lipinski definition) is 6. The highest BCUT2D eigenvalue weighted by Crippen LogP contribution is 2.43. The number of carbonyl (C=O) groups is 2. The molecule has 0 aliphatic carbocycles. The molecule has 1 unspecified atom stereocenters. The molecule has 8 nitrogen and oxygen atoms in total. The summed E-state index contributed by atoms with van der Waals surface area (Å²) < 4.78 is 11.2. The molecule has 1 fully saturated rings. The summed E-state index contributed by atoms with van der Waals surface area (Å²) in [4.78, 5) is 35.5. The number of pyridine rings is 1. The van der Waals surface area contributed by atoms with Gasteiger partial charge in [-0.1, -0.05) is 24.3 Å². The first-order chi connectivity index (χ1) is 17.1. The van der Waals surface area contributed by atoms with Crippen molar-refractivity contribution in [3.8, 4) is 11.5 Å². The van der Waals surface area contributed by atoms with Crippen LogP contribution in [-0.4, -0.2) is 44.9 Å². The summed E-state index contributed by atoms with van der Waals surface area (Å²) in [7, 11) is 0. The highest BCUT2D eigenvalue weighted by molar-refractivity contribution is 6.46. The first kappa shape index (κ1) is 21.0. The van der Waals surface area contributed by atoms with E-state index in [-0.39, 0.29) is 17.9 Å². The minimum atomic E-state index is -0.792. The quantitative estimate of drug-likeness (QED) is 0.268. The van der Waals surface area contributed by atoms with Crippen LogP contribution in [-0.2, 0) is 16.1 Å². The molecule has 1 amide bonds. The molecule has 4 aromatic rings. The third-order valence-corrected chi connectivity index (χ3v) is 6.35. The highest BCUT2D eigenvalue weighted by Gasteiger charge is 2.47. The maximum atomic E-state index is 13.4. The van der Waals surface area contributed by atoms with Crippen LogP contribution < -0.4 is 9.47 Å². The fourth-order valence-electron chi connectivity index (χ4n) is 4.72. The Morgan fingerprint density at radius 3 is 2.71 bits per heavy atom. The average molecular weight is 467 g/mol. The lowest BCUT2D eigenvalue weighted by Gasteiger charge is -2.25. The molecular formula is C27H21N3O5. The number of fused-ring (bicyclic) bond motifs is 2. The van der Waals surface area contributed by atoms with E-state index in [1.807, 2.05) is 30.3 Å². The van der Waals surface area contributed by atoms with E-state index in [2.05, 4.69) is 9.97 Å². The van der Waals surface area contributed by atoms with Crippen LogP contribution in [0, 0.1) is 0 Å². The molecule has 8 heteroatoms. The molecule has 2 aliphatic heterocycles. The minimum absolute atomic E-state index is 0.0281. The van der Waals surface area contributed by atoms with Crippen LogP contribution in [0.1, 0.15) is 22.7 Å². The maximum Gasteiger partial charge on any atom is 0.295 e. The Labute approximate surface area is 200 Å². The summed E-state index contributed by atoms with van der Waals surface area (Å²) in [5.74, 6) is -0.629.